The molecule has 1 N–H and O–H groups in total. The van der Waals surface area contributed by atoms with E-state index in [1.165, 1.54) is 46.2 Å². The first-order chi connectivity index (χ1) is 10.3. The van der Waals surface area contributed by atoms with E-state index in [1.807, 2.05) is 0 Å². The topological polar surface area (TPSA) is 12.0 Å². The summed E-state index contributed by atoms with van der Waals surface area (Å²) in [6.07, 6.45) is 4.62. The molecule has 2 aromatic rings. The van der Waals surface area contributed by atoms with Gasteiger partial charge in [0.2, 0.25) is 0 Å². The molecular formula is C20H25N. The summed E-state index contributed by atoms with van der Waals surface area (Å²) in [5.41, 5.74) is 8.71. The van der Waals surface area contributed by atoms with E-state index in [2.05, 4.69) is 62.6 Å². The van der Waals surface area contributed by atoms with Crippen LogP contribution >= 0.6 is 0 Å². The van der Waals surface area contributed by atoms with Crippen LogP contribution in [0.15, 0.2) is 36.4 Å². The van der Waals surface area contributed by atoms with Crippen molar-refractivity contribution in [2.24, 2.45) is 0 Å². The fourth-order valence-corrected chi connectivity index (χ4v) is 3.51. The van der Waals surface area contributed by atoms with Crippen molar-refractivity contribution in [3.8, 4) is 11.1 Å². The predicted molar refractivity (Wildman–Crippen MR) is 90.8 cm³/mol. The Labute approximate surface area is 128 Å². The van der Waals surface area contributed by atoms with Gasteiger partial charge in [-0.15, -0.1) is 0 Å². The molecule has 2 aromatic carbocycles. The van der Waals surface area contributed by atoms with Crippen molar-refractivity contribution in [3.63, 3.8) is 0 Å². The number of hydrogen-bond donors (Lipinski definition) is 1. The first-order valence-corrected chi connectivity index (χ1v) is 8.19. The summed E-state index contributed by atoms with van der Waals surface area (Å²) in [5.74, 6) is 0. The molecule has 3 rings (SSSR count). The van der Waals surface area contributed by atoms with Crippen molar-refractivity contribution >= 4 is 0 Å². The standard InChI is InChI=1S/C20H25N/c1-4-14-6-7-15(5-2)19(12-14)17-8-10-18-16(13-17)9-11-20(18)21-3/h6-8,10,12-13,20-21H,4-5,9,11H2,1-3H3. The normalized spacial score (nSPS) is 17.0. The molecule has 0 radical (unpaired) electrons. The largest absolute Gasteiger partial charge is 0.313 e. The van der Waals surface area contributed by atoms with Gasteiger partial charge in [-0.25, -0.2) is 0 Å². The fraction of sp³-hybridized carbons (Fsp3) is 0.400. The van der Waals surface area contributed by atoms with Crippen LogP contribution in [0.1, 0.15) is 48.6 Å². The maximum atomic E-state index is 3.42. The van der Waals surface area contributed by atoms with Crippen LogP contribution in [-0.2, 0) is 19.3 Å². The Kier molecular flexibility index (Phi) is 4.12. The first kappa shape index (κ1) is 14.3. The van der Waals surface area contributed by atoms with Gasteiger partial charge in [0, 0.05) is 6.04 Å². The van der Waals surface area contributed by atoms with Crippen LogP contribution in [-0.4, -0.2) is 7.05 Å². The second-order valence-corrected chi connectivity index (χ2v) is 5.99. The monoisotopic (exact) mass is 279 g/mol. The summed E-state index contributed by atoms with van der Waals surface area (Å²) in [4.78, 5) is 0. The van der Waals surface area contributed by atoms with Crippen molar-refractivity contribution < 1.29 is 0 Å². The highest BCUT2D eigenvalue weighted by atomic mass is 14.9. The first-order valence-electron chi connectivity index (χ1n) is 8.19. The van der Waals surface area contributed by atoms with E-state index in [4.69, 9.17) is 0 Å². The van der Waals surface area contributed by atoms with Gasteiger partial charge in [0.25, 0.3) is 0 Å². The van der Waals surface area contributed by atoms with E-state index in [1.54, 1.807) is 0 Å². The Hall–Kier alpha value is -1.60. The van der Waals surface area contributed by atoms with Gasteiger partial charge in [-0.05, 0) is 66.1 Å². The molecular weight excluding hydrogens is 254 g/mol. The maximum Gasteiger partial charge on any atom is 0.0323 e. The molecule has 0 saturated heterocycles. The highest BCUT2D eigenvalue weighted by Gasteiger charge is 2.21. The van der Waals surface area contributed by atoms with Crippen molar-refractivity contribution in [1.82, 2.24) is 5.32 Å². The maximum absolute atomic E-state index is 3.42. The molecule has 1 aliphatic rings. The zero-order valence-electron chi connectivity index (χ0n) is 13.4. The SMILES string of the molecule is CCc1ccc(CC)c(-c2ccc3c(c2)CCC3NC)c1. The number of hydrogen-bond acceptors (Lipinski definition) is 1. The number of fused-ring (bicyclic) bond motifs is 1. The Bertz CT molecular complexity index is 642. The van der Waals surface area contributed by atoms with Gasteiger partial charge in [-0.2, -0.15) is 0 Å². The lowest BCUT2D eigenvalue weighted by Crippen LogP contribution is -2.12. The summed E-state index contributed by atoms with van der Waals surface area (Å²) in [7, 11) is 2.06. The molecule has 1 atom stereocenters. The minimum Gasteiger partial charge on any atom is -0.313 e. The fourth-order valence-electron chi connectivity index (χ4n) is 3.51. The van der Waals surface area contributed by atoms with E-state index >= 15 is 0 Å². The van der Waals surface area contributed by atoms with Crippen LogP contribution in [0.3, 0.4) is 0 Å². The van der Waals surface area contributed by atoms with Crippen LogP contribution in [0.4, 0.5) is 0 Å². The molecule has 0 amide bonds. The lowest BCUT2D eigenvalue weighted by atomic mass is 9.93. The van der Waals surface area contributed by atoms with Crippen LogP contribution in [0.25, 0.3) is 11.1 Å². The molecule has 1 unspecified atom stereocenters. The quantitative estimate of drug-likeness (QED) is 0.856. The van der Waals surface area contributed by atoms with Gasteiger partial charge in [0.1, 0.15) is 0 Å². The van der Waals surface area contributed by atoms with E-state index < -0.39 is 0 Å². The van der Waals surface area contributed by atoms with Gasteiger partial charge in [-0.3, -0.25) is 0 Å². The summed E-state index contributed by atoms with van der Waals surface area (Å²) < 4.78 is 0. The summed E-state index contributed by atoms with van der Waals surface area (Å²) in [5, 5.41) is 3.42. The summed E-state index contributed by atoms with van der Waals surface area (Å²) >= 11 is 0. The zero-order chi connectivity index (χ0) is 14.8. The predicted octanol–water partition coefficient (Wildman–Crippen LogP) is 4.69. The van der Waals surface area contributed by atoms with Gasteiger partial charge in [-0.1, -0.05) is 50.2 Å². The van der Waals surface area contributed by atoms with Crippen molar-refractivity contribution in [2.75, 3.05) is 7.05 Å². The molecule has 1 heteroatoms. The van der Waals surface area contributed by atoms with Crippen molar-refractivity contribution in [1.29, 1.82) is 0 Å². The number of rotatable bonds is 4. The molecule has 1 nitrogen and oxygen atoms in total. The van der Waals surface area contributed by atoms with E-state index in [0.717, 1.165) is 12.8 Å². The molecule has 0 aliphatic heterocycles. The van der Waals surface area contributed by atoms with E-state index in [-0.39, 0.29) is 0 Å². The Morgan fingerprint density at radius 3 is 2.62 bits per heavy atom. The average Bonchev–Trinajstić information content (AvgIpc) is 2.96. The third kappa shape index (κ3) is 2.63. The molecule has 0 heterocycles. The van der Waals surface area contributed by atoms with Crippen LogP contribution in [0.5, 0.6) is 0 Å². The summed E-state index contributed by atoms with van der Waals surface area (Å²) in [6, 6.07) is 14.6. The van der Waals surface area contributed by atoms with Gasteiger partial charge < -0.3 is 5.32 Å². The summed E-state index contributed by atoms with van der Waals surface area (Å²) in [6.45, 7) is 4.47. The lowest BCUT2D eigenvalue weighted by Gasteiger charge is -2.13. The molecule has 0 spiro atoms. The minimum atomic E-state index is 0.543. The molecule has 0 aromatic heterocycles. The zero-order valence-corrected chi connectivity index (χ0v) is 13.4. The highest BCUT2D eigenvalue weighted by molar-refractivity contribution is 5.70. The Morgan fingerprint density at radius 2 is 1.90 bits per heavy atom. The van der Waals surface area contributed by atoms with Gasteiger partial charge in [0.05, 0.1) is 0 Å². The average molecular weight is 279 g/mol. The molecule has 0 saturated carbocycles. The van der Waals surface area contributed by atoms with Crippen LogP contribution in [0.2, 0.25) is 0 Å². The Balaban J connectivity index is 2.05. The second-order valence-electron chi connectivity index (χ2n) is 5.99. The lowest BCUT2D eigenvalue weighted by molar-refractivity contribution is 0.590. The smallest absolute Gasteiger partial charge is 0.0323 e. The van der Waals surface area contributed by atoms with E-state index in [9.17, 15) is 0 Å². The molecule has 21 heavy (non-hydrogen) atoms. The third-order valence-corrected chi connectivity index (χ3v) is 4.84. The number of benzene rings is 2. The van der Waals surface area contributed by atoms with Crippen LogP contribution in [0, 0.1) is 0 Å². The second kappa shape index (κ2) is 6.03. The number of nitrogens with one attached hydrogen (secondary N) is 1. The highest BCUT2D eigenvalue weighted by Crippen LogP contribution is 2.35. The Morgan fingerprint density at radius 1 is 1.05 bits per heavy atom. The van der Waals surface area contributed by atoms with Crippen molar-refractivity contribution in [3.05, 3.63) is 58.7 Å². The molecule has 110 valence electrons. The van der Waals surface area contributed by atoms with Crippen LogP contribution < -0.4 is 5.32 Å². The number of aryl methyl sites for hydroxylation is 3. The molecule has 0 fully saturated rings. The molecule has 0 bridgehead atoms. The van der Waals surface area contributed by atoms with Crippen molar-refractivity contribution in [2.45, 2.75) is 45.6 Å². The third-order valence-electron chi connectivity index (χ3n) is 4.84. The van der Waals surface area contributed by atoms with Gasteiger partial charge >= 0.3 is 0 Å². The molecule has 1 aliphatic carbocycles. The van der Waals surface area contributed by atoms with Gasteiger partial charge in [0.15, 0.2) is 0 Å². The van der Waals surface area contributed by atoms with E-state index in [0.29, 0.717) is 6.04 Å². The minimum absolute atomic E-state index is 0.543.